The van der Waals surface area contributed by atoms with Gasteiger partial charge in [0.15, 0.2) is 17.3 Å². The van der Waals surface area contributed by atoms with Crippen LogP contribution in [0.4, 0.5) is 19.3 Å². The van der Waals surface area contributed by atoms with Gasteiger partial charge in [-0.3, -0.25) is 9.62 Å². The fraction of sp³-hybridized carbons (Fsp3) is 0.227. The minimum Gasteiger partial charge on any atom is -0.434 e. The van der Waals surface area contributed by atoms with Crippen molar-refractivity contribution < 1.29 is 36.2 Å². The van der Waals surface area contributed by atoms with E-state index in [1.54, 1.807) is 12.1 Å². The van der Waals surface area contributed by atoms with Crippen LogP contribution in [0.15, 0.2) is 48.7 Å². The maximum absolute atomic E-state index is 15.3. The van der Waals surface area contributed by atoms with Gasteiger partial charge in [-0.15, -0.1) is 5.10 Å². The number of halogens is 2. The molecule has 1 fully saturated rings. The lowest BCUT2D eigenvalue weighted by Crippen LogP contribution is -2.63. The molecule has 14 heteroatoms. The molecular formula is C22H19F2N5O6S. The first kappa shape index (κ1) is 23.8. The molecule has 1 saturated heterocycles. The number of hydrogen-bond donors (Lipinski definition) is 2. The molecule has 0 atom stereocenters. The van der Waals surface area contributed by atoms with Crippen molar-refractivity contribution in [3.8, 4) is 17.4 Å². The second-order valence-corrected chi connectivity index (χ2v) is 9.60. The quantitative estimate of drug-likeness (QED) is 0.487. The average molecular weight is 519 g/mol. The van der Waals surface area contributed by atoms with Gasteiger partial charge in [0, 0.05) is 30.4 Å². The van der Waals surface area contributed by atoms with Crippen LogP contribution in [-0.4, -0.2) is 49.9 Å². The molecule has 0 bridgehead atoms. The van der Waals surface area contributed by atoms with Crippen molar-refractivity contribution in [1.29, 1.82) is 0 Å². The maximum Gasteiger partial charge on any atom is 0.416 e. The Hall–Kier alpha value is -3.88. The van der Waals surface area contributed by atoms with Gasteiger partial charge in [-0.25, -0.2) is 13.9 Å². The number of carbonyl (C=O) groups is 1. The van der Waals surface area contributed by atoms with Gasteiger partial charge in [-0.1, -0.05) is 12.1 Å². The summed E-state index contributed by atoms with van der Waals surface area (Å²) in [6, 6.07) is 10.0. The molecule has 2 aliphatic rings. The van der Waals surface area contributed by atoms with E-state index in [4.69, 9.17) is 14.2 Å². The third kappa shape index (κ3) is 4.08. The Morgan fingerprint density at radius 2 is 1.94 bits per heavy atom. The van der Waals surface area contributed by atoms with E-state index in [9.17, 15) is 13.2 Å². The Morgan fingerprint density at radius 1 is 1.14 bits per heavy atom. The summed E-state index contributed by atoms with van der Waals surface area (Å²) in [4.78, 5) is 14.3. The molecule has 0 saturated carbocycles. The van der Waals surface area contributed by atoms with Gasteiger partial charge in [0.1, 0.15) is 5.54 Å². The van der Waals surface area contributed by atoms with Crippen molar-refractivity contribution in [2.24, 2.45) is 0 Å². The average Bonchev–Trinajstić information content (AvgIpc) is 2.83. The molecule has 2 aliphatic heterocycles. The summed E-state index contributed by atoms with van der Waals surface area (Å²) in [5.74, 6) is -2.28. The highest BCUT2D eigenvalue weighted by atomic mass is 32.2. The zero-order valence-corrected chi connectivity index (χ0v) is 19.5. The molecule has 3 aromatic rings. The zero-order valence-electron chi connectivity index (χ0n) is 18.7. The minimum absolute atomic E-state index is 0.0149. The number of nitrogens with one attached hydrogen (secondary N) is 2. The third-order valence-electron chi connectivity index (χ3n) is 5.85. The second-order valence-electron chi connectivity index (χ2n) is 7.99. The fourth-order valence-electron chi connectivity index (χ4n) is 3.97. The molecule has 11 nitrogen and oxygen atoms in total. The molecule has 1 aromatic heterocycles. The van der Waals surface area contributed by atoms with E-state index in [1.165, 1.54) is 48.5 Å². The van der Waals surface area contributed by atoms with Gasteiger partial charge >= 0.3 is 6.09 Å². The van der Waals surface area contributed by atoms with Crippen LogP contribution in [0.25, 0.3) is 0 Å². The lowest BCUT2D eigenvalue weighted by atomic mass is 9.84. The zero-order chi connectivity index (χ0) is 25.5. The number of fused-ring (bicyclic) bond motifs is 2. The van der Waals surface area contributed by atoms with E-state index >= 15 is 8.78 Å². The van der Waals surface area contributed by atoms with Crippen LogP contribution in [-0.2, 0) is 27.0 Å². The molecule has 5 rings (SSSR count). The smallest absolute Gasteiger partial charge is 0.416 e. The molecule has 2 N–H and O–H groups in total. The van der Waals surface area contributed by atoms with Gasteiger partial charge < -0.3 is 14.2 Å². The molecule has 188 valence electrons. The summed E-state index contributed by atoms with van der Waals surface area (Å²) in [5, 5.41) is 7.41. The second kappa shape index (κ2) is 8.96. The number of ether oxygens (including phenoxy) is 3. The molecule has 1 spiro atoms. The van der Waals surface area contributed by atoms with Gasteiger partial charge in [0.25, 0.3) is 10.2 Å². The van der Waals surface area contributed by atoms with Crippen molar-refractivity contribution in [3.63, 3.8) is 0 Å². The van der Waals surface area contributed by atoms with E-state index in [1.807, 2.05) is 4.72 Å². The first-order valence-corrected chi connectivity index (χ1v) is 12.1. The fourth-order valence-corrected chi connectivity index (χ4v) is 4.52. The molecule has 1 amide bonds. The van der Waals surface area contributed by atoms with Crippen LogP contribution in [0.1, 0.15) is 11.1 Å². The van der Waals surface area contributed by atoms with E-state index < -0.39 is 33.5 Å². The van der Waals surface area contributed by atoms with E-state index in [0.717, 1.165) is 0 Å². The first-order valence-electron chi connectivity index (χ1n) is 10.6. The summed E-state index contributed by atoms with van der Waals surface area (Å²) in [5.41, 5.74) is -1.09. The van der Waals surface area contributed by atoms with Gasteiger partial charge in [-0.2, -0.15) is 17.9 Å². The van der Waals surface area contributed by atoms with Crippen molar-refractivity contribution >= 4 is 22.0 Å². The Bertz CT molecular complexity index is 1440. The molecule has 2 aromatic carbocycles. The van der Waals surface area contributed by atoms with Crippen molar-refractivity contribution in [3.05, 3.63) is 71.4 Å². The molecule has 3 heterocycles. The summed E-state index contributed by atoms with van der Waals surface area (Å²) in [6.07, 6.45) is 0.503. The predicted molar refractivity (Wildman–Crippen MR) is 121 cm³/mol. The van der Waals surface area contributed by atoms with E-state index in [2.05, 4.69) is 14.9 Å². The predicted octanol–water partition coefficient (Wildman–Crippen LogP) is 2.66. The Labute approximate surface area is 204 Å². The Balaban J connectivity index is 1.48. The minimum atomic E-state index is -3.97. The van der Waals surface area contributed by atoms with Crippen molar-refractivity contribution in [1.82, 2.24) is 19.8 Å². The third-order valence-corrected chi connectivity index (χ3v) is 6.88. The van der Waals surface area contributed by atoms with Crippen molar-refractivity contribution in [2.45, 2.75) is 12.1 Å². The monoisotopic (exact) mass is 519 g/mol. The van der Waals surface area contributed by atoms with Gasteiger partial charge in [0.05, 0.1) is 25.4 Å². The largest absolute Gasteiger partial charge is 0.434 e. The number of amides is 1. The summed E-state index contributed by atoms with van der Waals surface area (Å²) in [7, 11) is -2.80. The van der Waals surface area contributed by atoms with Crippen LogP contribution in [0.3, 0.4) is 0 Å². The molecule has 0 radical (unpaired) electrons. The number of aromatic nitrogens is 2. The Kier molecular flexibility index (Phi) is 5.94. The molecule has 0 aliphatic carbocycles. The van der Waals surface area contributed by atoms with Crippen LogP contribution < -0.4 is 18.9 Å². The molecular weight excluding hydrogens is 500 g/mol. The number of rotatable bonds is 7. The first-order chi connectivity index (χ1) is 17.2. The lowest BCUT2D eigenvalue weighted by molar-refractivity contribution is -0.143. The van der Waals surface area contributed by atoms with Gasteiger partial charge in [0.2, 0.25) is 11.7 Å². The van der Waals surface area contributed by atoms with E-state index in [-0.39, 0.29) is 48.4 Å². The van der Waals surface area contributed by atoms with Crippen LogP contribution in [0.5, 0.6) is 17.4 Å². The summed E-state index contributed by atoms with van der Waals surface area (Å²) < 4.78 is 74.3. The molecule has 0 unspecified atom stereocenters. The summed E-state index contributed by atoms with van der Waals surface area (Å²) in [6.45, 7) is -0.249. The standard InChI is InChI=1S/C22H19F2N5O6S/c1-25-36(31,32)28-15-5-2-4-13(18(15)23)10-29-21(30)35-20-14(22(29)11-33-12-22)7-8-16(19(20)24)34-17-6-3-9-26-27-17/h2-9,25,28H,10-12H2,1H3. The van der Waals surface area contributed by atoms with Crippen LogP contribution >= 0.6 is 0 Å². The highest BCUT2D eigenvalue weighted by molar-refractivity contribution is 7.90. The van der Waals surface area contributed by atoms with Crippen LogP contribution in [0.2, 0.25) is 0 Å². The van der Waals surface area contributed by atoms with E-state index in [0.29, 0.717) is 5.56 Å². The number of benzene rings is 2. The van der Waals surface area contributed by atoms with Crippen molar-refractivity contribution in [2.75, 3.05) is 25.0 Å². The number of anilines is 1. The normalized spacial score (nSPS) is 16.2. The highest BCUT2D eigenvalue weighted by Crippen LogP contribution is 2.48. The molecule has 36 heavy (non-hydrogen) atoms. The number of carbonyl (C=O) groups excluding carboxylic acids is 1. The lowest BCUT2D eigenvalue weighted by Gasteiger charge is -2.51. The maximum atomic E-state index is 15.3. The SMILES string of the molecule is CNS(=O)(=O)Nc1cccc(CN2C(=O)Oc3c(ccc(Oc4cccnn4)c3F)C23COC3)c1F. The van der Waals surface area contributed by atoms with Crippen LogP contribution in [0, 0.1) is 11.6 Å². The number of hydrogen-bond acceptors (Lipinski definition) is 8. The topological polar surface area (TPSA) is 132 Å². The van der Waals surface area contributed by atoms with Gasteiger partial charge in [-0.05, 0) is 24.3 Å². The highest BCUT2D eigenvalue weighted by Gasteiger charge is 2.54. The summed E-state index contributed by atoms with van der Waals surface area (Å²) >= 11 is 0. The number of nitrogens with zero attached hydrogens (tertiary/aromatic N) is 3. The Morgan fingerprint density at radius 3 is 2.61 bits per heavy atom.